The molecule has 2 aromatic rings. The lowest BCUT2D eigenvalue weighted by Gasteiger charge is -2.12. The van der Waals surface area contributed by atoms with E-state index in [1.54, 1.807) is 25.4 Å². The van der Waals surface area contributed by atoms with E-state index in [-0.39, 0.29) is 29.9 Å². The van der Waals surface area contributed by atoms with Crippen molar-refractivity contribution in [3.8, 4) is 0 Å². The molecular formula is C18H26BrIN6O. The predicted molar refractivity (Wildman–Crippen MR) is 123 cm³/mol. The highest BCUT2D eigenvalue weighted by Crippen LogP contribution is 2.10. The van der Waals surface area contributed by atoms with Crippen molar-refractivity contribution in [3.63, 3.8) is 0 Å². The third kappa shape index (κ3) is 9.23. The van der Waals surface area contributed by atoms with E-state index >= 15 is 0 Å². The van der Waals surface area contributed by atoms with Crippen LogP contribution in [0, 0.1) is 0 Å². The number of rotatable bonds is 9. The number of halogens is 2. The van der Waals surface area contributed by atoms with E-state index in [2.05, 4.69) is 42.0 Å². The molecule has 0 aliphatic heterocycles. The van der Waals surface area contributed by atoms with Crippen molar-refractivity contribution in [1.29, 1.82) is 0 Å². The number of hydrogen-bond acceptors (Lipinski definition) is 3. The number of nitrogens with zero attached hydrogens (tertiary/aromatic N) is 3. The summed E-state index contributed by atoms with van der Waals surface area (Å²) in [7, 11) is 1.75. The lowest BCUT2D eigenvalue weighted by molar-refractivity contribution is 0.0953. The molecule has 0 aliphatic rings. The van der Waals surface area contributed by atoms with Crippen LogP contribution in [0.25, 0.3) is 0 Å². The molecule has 1 heterocycles. The van der Waals surface area contributed by atoms with Gasteiger partial charge in [-0.25, -0.2) is 0 Å². The molecule has 0 radical (unpaired) electrons. The SMILES string of the molecule is CN=C(NCCCNC(=O)c1ccc(Br)cc1)NCCCn1cccn1.I. The Morgan fingerprint density at radius 3 is 2.41 bits per heavy atom. The second kappa shape index (κ2) is 13.5. The van der Waals surface area contributed by atoms with Crippen molar-refractivity contribution in [3.05, 3.63) is 52.8 Å². The van der Waals surface area contributed by atoms with Crippen molar-refractivity contribution >= 4 is 51.8 Å². The Kier molecular flexibility index (Phi) is 11.7. The molecule has 9 heteroatoms. The number of carbonyl (C=O) groups is 1. The van der Waals surface area contributed by atoms with Gasteiger partial charge >= 0.3 is 0 Å². The highest BCUT2D eigenvalue weighted by Gasteiger charge is 2.04. The van der Waals surface area contributed by atoms with Crippen LogP contribution in [-0.4, -0.2) is 48.3 Å². The topological polar surface area (TPSA) is 83.3 Å². The minimum atomic E-state index is -0.0568. The zero-order valence-corrected chi connectivity index (χ0v) is 19.2. The van der Waals surface area contributed by atoms with E-state index < -0.39 is 0 Å². The van der Waals surface area contributed by atoms with Crippen molar-refractivity contribution in [2.24, 2.45) is 4.99 Å². The number of guanidine groups is 1. The Hall–Kier alpha value is -1.62. The van der Waals surface area contributed by atoms with Crippen LogP contribution in [0.3, 0.4) is 0 Å². The van der Waals surface area contributed by atoms with Crippen molar-refractivity contribution in [2.45, 2.75) is 19.4 Å². The molecule has 0 spiro atoms. The van der Waals surface area contributed by atoms with Crippen LogP contribution in [0.15, 0.2) is 52.2 Å². The lowest BCUT2D eigenvalue weighted by atomic mass is 10.2. The third-order valence-electron chi connectivity index (χ3n) is 3.68. The fraction of sp³-hybridized carbons (Fsp3) is 0.389. The lowest BCUT2D eigenvalue weighted by Crippen LogP contribution is -2.39. The summed E-state index contributed by atoms with van der Waals surface area (Å²) in [6.45, 7) is 3.04. The van der Waals surface area contributed by atoms with Crippen LogP contribution in [0.4, 0.5) is 0 Å². The minimum Gasteiger partial charge on any atom is -0.356 e. The quantitative estimate of drug-likeness (QED) is 0.195. The second-order valence-corrected chi connectivity index (χ2v) is 6.58. The molecule has 3 N–H and O–H groups in total. The number of aliphatic imine (C=N–C) groups is 1. The smallest absolute Gasteiger partial charge is 0.251 e. The minimum absolute atomic E-state index is 0. The van der Waals surface area contributed by atoms with Crippen LogP contribution in [0.5, 0.6) is 0 Å². The van der Waals surface area contributed by atoms with Gasteiger partial charge in [0.15, 0.2) is 5.96 Å². The van der Waals surface area contributed by atoms with Gasteiger partial charge in [-0.1, -0.05) is 15.9 Å². The monoisotopic (exact) mass is 548 g/mol. The summed E-state index contributed by atoms with van der Waals surface area (Å²) >= 11 is 3.36. The summed E-state index contributed by atoms with van der Waals surface area (Å²) in [6.07, 6.45) is 5.51. The first-order valence-electron chi connectivity index (χ1n) is 8.65. The first-order chi connectivity index (χ1) is 12.7. The Bertz CT molecular complexity index is 690. The molecule has 0 unspecified atom stereocenters. The first kappa shape index (κ1) is 23.4. The third-order valence-corrected chi connectivity index (χ3v) is 4.21. The average Bonchev–Trinajstić information content (AvgIpc) is 3.17. The first-order valence-corrected chi connectivity index (χ1v) is 9.44. The average molecular weight is 549 g/mol. The standard InChI is InChI=1S/C18H25BrN6O.HI/c1-20-18(23-11-3-13-25-14-4-12-24-25)22-10-2-9-21-17(26)15-5-7-16(19)8-6-15;/h4-8,12,14H,2-3,9-11,13H2,1H3,(H,21,26)(H2,20,22,23);1H. The van der Waals surface area contributed by atoms with Crippen LogP contribution < -0.4 is 16.0 Å². The van der Waals surface area contributed by atoms with Crippen molar-refractivity contribution in [2.75, 3.05) is 26.7 Å². The Morgan fingerprint density at radius 1 is 1.11 bits per heavy atom. The molecule has 0 saturated heterocycles. The second-order valence-electron chi connectivity index (χ2n) is 5.66. The number of aromatic nitrogens is 2. The van der Waals surface area contributed by atoms with Crippen molar-refractivity contribution < 1.29 is 4.79 Å². The Morgan fingerprint density at radius 2 is 1.78 bits per heavy atom. The summed E-state index contributed by atoms with van der Waals surface area (Å²) in [5.41, 5.74) is 0.663. The molecule has 1 aromatic heterocycles. The van der Waals surface area contributed by atoms with Gasteiger partial charge in [0.1, 0.15) is 0 Å². The molecule has 1 amide bonds. The summed E-state index contributed by atoms with van der Waals surface area (Å²) in [4.78, 5) is 16.2. The number of nitrogens with one attached hydrogen (secondary N) is 3. The molecule has 0 atom stereocenters. The molecular weight excluding hydrogens is 523 g/mol. The van der Waals surface area contributed by atoms with E-state index in [4.69, 9.17) is 0 Å². The highest BCUT2D eigenvalue weighted by molar-refractivity contribution is 14.0. The molecule has 2 rings (SSSR count). The van der Waals surface area contributed by atoms with Gasteiger partial charge in [-0.2, -0.15) is 5.10 Å². The van der Waals surface area contributed by atoms with Crippen LogP contribution in [0.1, 0.15) is 23.2 Å². The summed E-state index contributed by atoms with van der Waals surface area (Å²) in [5, 5.41) is 13.6. The molecule has 0 bridgehead atoms. The number of benzene rings is 1. The van der Waals surface area contributed by atoms with Gasteiger partial charge in [0.25, 0.3) is 5.91 Å². The molecule has 0 aliphatic carbocycles. The van der Waals surface area contributed by atoms with Crippen molar-refractivity contribution in [1.82, 2.24) is 25.7 Å². The largest absolute Gasteiger partial charge is 0.356 e. The van der Waals surface area contributed by atoms with Gasteiger partial charge in [0.2, 0.25) is 0 Å². The van der Waals surface area contributed by atoms with Crippen LogP contribution in [-0.2, 0) is 6.54 Å². The maximum absolute atomic E-state index is 12.0. The summed E-state index contributed by atoms with van der Waals surface area (Å²) in [6, 6.07) is 9.24. The Labute approximate surface area is 185 Å². The zero-order valence-electron chi connectivity index (χ0n) is 15.3. The molecule has 7 nitrogen and oxygen atoms in total. The number of amides is 1. The van der Waals surface area contributed by atoms with Crippen LogP contribution >= 0.6 is 39.9 Å². The van der Waals surface area contributed by atoms with Crippen LogP contribution in [0.2, 0.25) is 0 Å². The fourth-order valence-corrected chi connectivity index (χ4v) is 2.57. The Balaban J connectivity index is 0.00000364. The molecule has 148 valence electrons. The van der Waals surface area contributed by atoms with E-state index in [0.717, 1.165) is 42.9 Å². The van der Waals surface area contributed by atoms with Gasteiger partial charge < -0.3 is 16.0 Å². The van der Waals surface area contributed by atoms with E-state index in [9.17, 15) is 4.79 Å². The summed E-state index contributed by atoms with van der Waals surface area (Å²) < 4.78 is 2.87. The van der Waals surface area contributed by atoms with Gasteiger partial charge in [-0.05, 0) is 43.2 Å². The summed E-state index contributed by atoms with van der Waals surface area (Å²) in [5.74, 6) is 0.711. The van der Waals surface area contributed by atoms with Gasteiger partial charge in [-0.15, -0.1) is 24.0 Å². The fourth-order valence-electron chi connectivity index (χ4n) is 2.30. The molecule has 1 aromatic carbocycles. The normalized spacial score (nSPS) is 10.8. The maximum atomic E-state index is 12.0. The van der Waals surface area contributed by atoms with E-state index in [1.807, 2.05) is 29.1 Å². The zero-order chi connectivity index (χ0) is 18.6. The van der Waals surface area contributed by atoms with E-state index in [0.29, 0.717) is 12.1 Å². The molecule has 0 fully saturated rings. The van der Waals surface area contributed by atoms with Gasteiger partial charge in [0.05, 0.1) is 0 Å². The maximum Gasteiger partial charge on any atom is 0.251 e. The molecule has 0 saturated carbocycles. The van der Waals surface area contributed by atoms with Gasteiger partial charge in [-0.3, -0.25) is 14.5 Å². The molecule has 27 heavy (non-hydrogen) atoms. The number of carbonyl (C=O) groups excluding carboxylic acids is 1. The van der Waals surface area contributed by atoms with E-state index in [1.165, 1.54) is 0 Å². The van der Waals surface area contributed by atoms with Gasteiger partial charge in [0, 0.05) is 55.7 Å². The highest BCUT2D eigenvalue weighted by atomic mass is 127. The number of hydrogen-bond donors (Lipinski definition) is 3. The predicted octanol–water partition coefficient (Wildman–Crippen LogP) is 2.64. The number of aryl methyl sites for hydroxylation is 1.